The van der Waals surface area contributed by atoms with Crippen molar-refractivity contribution in [2.75, 3.05) is 6.61 Å². The minimum absolute atomic E-state index is 0.218. The van der Waals surface area contributed by atoms with Gasteiger partial charge < -0.3 is 15.0 Å². The first kappa shape index (κ1) is 15.3. The van der Waals surface area contributed by atoms with E-state index in [9.17, 15) is 13.2 Å². The van der Waals surface area contributed by atoms with Gasteiger partial charge in [-0.1, -0.05) is 24.2 Å². The molecular formula is C13H14F3N3O2. The molecule has 1 heterocycles. The summed E-state index contributed by atoms with van der Waals surface area (Å²) in [4.78, 5) is 3.27. The van der Waals surface area contributed by atoms with Crippen molar-refractivity contribution < 1.29 is 22.4 Å². The van der Waals surface area contributed by atoms with Crippen LogP contribution in [0, 0.1) is 0 Å². The minimum atomic E-state index is -4.68. The van der Waals surface area contributed by atoms with E-state index in [1.165, 1.54) is 0 Å². The first-order valence-corrected chi connectivity index (χ1v) is 6.31. The van der Waals surface area contributed by atoms with Crippen molar-refractivity contribution in [2.45, 2.75) is 25.6 Å². The standard InChI is InChI=1S/C13H14F3N3O2/c1-2-7-20-9-5-3-8(4-6-9)10(17)11-18-12(21-19-11)13(14,15)16/h3-6,10H,2,7,17H2,1H3. The van der Waals surface area contributed by atoms with Crippen LogP contribution in [-0.2, 0) is 6.18 Å². The third-order valence-corrected chi connectivity index (χ3v) is 2.67. The summed E-state index contributed by atoms with van der Waals surface area (Å²) in [6, 6.07) is 5.79. The lowest BCUT2D eigenvalue weighted by Crippen LogP contribution is -2.14. The van der Waals surface area contributed by atoms with Gasteiger partial charge in [0, 0.05) is 0 Å². The highest BCUT2D eigenvalue weighted by atomic mass is 19.4. The Balaban J connectivity index is 2.12. The van der Waals surface area contributed by atoms with E-state index < -0.39 is 18.1 Å². The zero-order valence-electron chi connectivity index (χ0n) is 11.2. The van der Waals surface area contributed by atoms with E-state index in [-0.39, 0.29) is 5.82 Å². The van der Waals surface area contributed by atoms with Crippen molar-refractivity contribution >= 4 is 0 Å². The first-order chi connectivity index (χ1) is 9.91. The number of halogens is 3. The topological polar surface area (TPSA) is 74.2 Å². The molecule has 2 N–H and O–H groups in total. The molecule has 0 saturated carbocycles. The number of hydrogen-bond donors (Lipinski definition) is 1. The number of nitrogens with two attached hydrogens (primary N) is 1. The van der Waals surface area contributed by atoms with Crippen molar-refractivity contribution in [3.8, 4) is 5.75 Å². The maximum absolute atomic E-state index is 12.4. The van der Waals surface area contributed by atoms with Gasteiger partial charge in [0.1, 0.15) is 5.75 Å². The monoisotopic (exact) mass is 301 g/mol. The van der Waals surface area contributed by atoms with Crippen molar-refractivity contribution in [1.82, 2.24) is 10.1 Å². The summed E-state index contributed by atoms with van der Waals surface area (Å²) in [6.45, 7) is 2.57. The lowest BCUT2D eigenvalue weighted by molar-refractivity contribution is -0.159. The lowest BCUT2D eigenvalue weighted by Gasteiger charge is -2.09. The highest BCUT2D eigenvalue weighted by molar-refractivity contribution is 5.31. The molecule has 0 amide bonds. The number of ether oxygens (including phenoxy) is 1. The Bertz CT molecular complexity index is 581. The molecule has 1 aromatic carbocycles. The van der Waals surface area contributed by atoms with Gasteiger partial charge >= 0.3 is 12.1 Å². The fraction of sp³-hybridized carbons (Fsp3) is 0.385. The molecule has 0 aliphatic carbocycles. The summed E-state index contributed by atoms with van der Waals surface area (Å²) in [5, 5.41) is 3.27. The molecule has 21 heavy (non-hydrogen) atoms. The van der Waals surface area contributed by atoms with E-state index in [1.807, 2.05) is 6.92 Å². The zero-order chi connectivity index (χ0) is 15.5. The summed E-state index contributed by atoms with van der Waals surface area (Å²) in [5.74, 6) is -0.961. The van der Waals surface area contributed by atoms with Crippen LogP contribution in [0.4, 0.5) is 13.2 Å². The SMILES string of the molecule is CCCOc1ccc(C(N)c2noc(C(F)(F)F)n2)cc1. The number of hydrogen-bond acceptors (Lipinski definition) is 5. The van der Waals surface area contributed by atoms with Crippen LogP contribution in [0.3, 0.4) is 0 Å². The van der Waals surface area contributed by atoms with Crippen molar-refractivity contribution in [1.29, 1.82) is 0 Å². The maximum Gasteiger partial charge on any atom is 0.471 e. The smallest absolute Gasteiger partial charge is 0.471 e. The molecule has 0 bridgehead atoms. The molecule has 0 aliphatic heterocycles. The third kappa shape index (κ3) is 3.72. The highest BCUT2D eigenvalue weighted by Crippen LogP contribution is 2.29. The summed E-state index contributed by atoms with van der Waals surface area (Å²) in [5.41, 5.74) is 6.39. The van der Waals surface area contributed by atoms with Gasteiger partial charge in [0.25, 0.3) is 0 Å². The van der Waals surface area contributed by atoms with Gasteiger partial charge in [0.2, 0.25) is 0 Å². The molecule has 1 aromatic heterocycles. The first-order valence-electron chi connectivity index (χ1n) is 6.31. The summed E-state index contributed by atoms with van der Waals surface area (Å²) < 4.78 is 46.7. The van der Waals surface area contributed by atoms with Gasteiger partial charge in [0.05, 0.1) is 12.6 Å². The van der Waals surface area contributed by atoms with E-state index in [1.54, 1.807) is 24.3 Å². The second-order valence-electron chi connectivity index (χ2n) is 4.35. The second-order valence-corrected chi connectivity index (χ2v) is 4.35. The normalized spacial score (nSPS) is 13.2. The van der Waals surface area contributed by atoms with E-state index in [4.69, 9.17) is 10.5 Å². The second kappa shape index (κ2) is 6.13. The van der Waals surface area contributed by atoms with E-state index in [0.29, 0.717) is 17.9 Å². The average molecular weight is 301 g/mol. The van der Waals surface area contributed by atoms with Crippen LogP contribution in [0.25, 0.3) is 0 Å². The predicted molar refractivity (Wildman–Crippen MR) is 67.6 cm³/mol. The number of alkyl halides is 3. The van der Waals surface area contributed by atoms with Gasteiger partial charge in [0.15, 0.2) is 5.82 Å². The molecule has 0 saturated heterocycles. The third-order valence-electron chi connectivity index (χ3n) is 2.67. The molecule has 0 radical (unpaired) electrons. The molecule has 5 nitrogen and oxygen atoms in total. The van der Waals surface area contributed by atoms with Gasteiger partial charge in [-0.25, -0.2) is 0 Å². The van der Waals surface area contributed by atoms with E-state index in [0.717, 1.165) is 6.42 Å². The molecule has 1 unspecified atom stereocenters. The van der Waals surface area contributed by atoms with Crippen LogP contribution in [0.1, 0.15) is 36.7 Å². The quantitative estimate of drug-likeness (QED) is 0.919. The van der Waals surface area contributed by atoms with E-state index in [2.05, 4.69) is 14.7 Å². The predicted octanol–water partition coefficient (Wildman–Crippen LogP) is 2.93. The van der Waals surface area contributed by atoms with E-state index >= 15 is 0 Å². The molecule has 114 valence electrons. The summed E-state index contributed by atoms with van der Waals surface area (Å²) in [7, 11) is 0. The molecule has 2 rings (SSSR count). The molecular weight excluding hydrogens is 287 g/mol. The molecule has 1 atom stereocenters. The number of rotatable bonds is 5. The van der Waals surface area contributed by atoms with Crippen molar-refractivity contribution in [3.05, 3.63) is 41.5 Å². The lowest BCUT2D eigenvalue weighted by atomic mass is 10.1. The van der Waals surface area contributed by atoms with Crippen LogP contribution in [0.2, 0.25) is 0 Å². The summed E-state index contributed by atoms with van der Waals surface area (Å²) in [6.07, 6.45) is -3.80. The largest absolute Gasteiger partial charge is 0.494 e. The maximum atomic E-state index is 12.4. The fourth-order valence-electron chi connectivity index (χ4n) is 1.62. The molecule has 8 heteroatoms. The van der Waals surface area contributed by atoms with Gasteiger partial charge in [-0.05, 0) is 24.1 Å². The van der Waals surface area contributed by atoms with Gasteiger partial charge in [-0.15, -0.1) is 0 Å². The van der Waals surface area contributed by atoms with Crippen LogP contribution >= 0.6 is 0 Å². The van der Waals surface area contributed by atoms with Gasteiger partial charge in [-0.3, -0.25) is 0 Å². The van der Waals surface area contributed by atoms with Gasteiger partial charge in [-0.2, -0.15) is 18.2 Å². The Morgan fingerprint density at radius 3 is 2.48 bits per heavy atom. The molecule has 0 spiro atoms. The number of benzene rings is 1. The van der Waals surface area contributed by atoms with Crippen molar-refractivity contribution in [3.63, 3.8) is 0 Å². The Labute approximate surface area is 118 Å². The number of aromatic nitrogens is 2. The molecule has 0 aliphatic rings. The Kier molecular flexibility index (Phi) is 4.46. The van der Waals surface area contributed by atoms with Crippen LogP contribution in [0.5, 0.6) is 5.75 Å². The Morgan fingerprint density at radius 2 is 1.95 bits per heavy atom. The Hall–Kier alpha value is -2.09. The zero-order valence-corrected chi connectivity index (χ0v) is 11.2. The Morgan fingerprint density at radius 1 is 1.29 bits per heavy atom. The van der Waals surface area contributed by atoms with Crippen LogP contribution in [0.15, 0.2) is 28.8 Å². The molecule has 0 fully saturated rings. The minimum Gasteiger partial charge on any atom is -0.494 e. The van der Waals surface area contributed by atoms with Crippen LogP contribution in [-0.4, -0.2) is 16.7 Å². The average Bonchev–Trinajstić information content (AvgIpc) is 2.95. The van der Waals surface area contributed by atoms with Crippen molar-refractivity contribution in [2.24, 2.45) is 5.73 Å². The molecule has 2 aromatic rings. The summed E-state index contributed by atoms with van der Waals surface area (Å²) >= 11 is 0. The highest BCUT2D eigenvalue weighted by Gasteiger charge is 2.39. The fourth-order valence-corrected chi connectivity index (χ4v) is 1.62. The van der Waals surface area contributed by atoms with Crippen LogP contribution < -0.4 is 10.5 Å². The number of nitrogens with zero attached hydrogens (tertiary/aromatic N) is 2.